The molecule has 0 radical (unpaired) electrons. The van der Waals surface area contributed by atoms with Gasteiger partial charge in [-0.05, 0) is 0 Å². The van der Waals surface area contributed by atoms with E-state index in [4.69, 9.17) is 25.1 Å². The van der Waals surface area contributed by atoms with E-state index in [1.807, 2.05) is 0 Å². The van der Waals surface area contributed by atoms with Crippen molar-refractivity contribution >= 4 is 7.82 Å². The number of phosphoric acid groups is 1. The summed E-state index contributed by atoms with van der Waals surface area (Å²) in [5, 5.41) is 26.9. The van der Waals surface area contributed by atoms with Crippen molar-refractivity contribution in [2.45, 2.75) is 24.6 Å². The number of hydrogen-bond donors (Lipinski definition) is 5. The first-order chi connectivity index (χ1) is 6.35. The minimum atomic E-state index is -4.79. The summed E-state index contributed by atoms with van der Waals surface area (Å²) in [4.78, 5) is 16.8. The van der Waals surface area contributed by atoms with Crippen molar-refractivity contribution in [2.24, 2.45) is 0 Å². The normalized spacial score (nSPS) is 38.9. The van der Waals surface area contributed by atoms with Crippen LogP contribution in [0.15, 0.2) is 0 Å². The first-order valence-corrected chi connectivity index (χ1v) is 5.24. The van der Waals surface area contributed by atoms with Crippen LogP contribution in [0.25, 0.3) is 0 Å². The van der Waals surface area contributed by atoms with Crippen LogP contribution in [0.1, 0.15) is 0 Å². The second kappa shape index (κ2) is 4.21. The van der Waals surface area contributed by atoms with Gasteiger partial charge in [0.15, 0.2) is 6.29 Å². The van der Waals surface area contributed by atoms with Gasteiger partial charge in [-0.2, -0.15) is 0 Å². The van der Waals surface area contributed by atoms with Crippen LogP contribution in [0, 0.1) is 0 Å². The topological polar surface area (TPSA) is 137 Å². The number of hydrogen-bond acceptors (Lipinski definition) is 6. The standard InChI is InChI=1S/C5H11O8P/c6-1-2-3(7)4(8)5(12-2)13-14(9,10)11/h2-8H,1H2,(H2,9,10,11)/t2-,3?,4?,5+/m1/s1. The average molecular weight is 230 g/mol. The van der Waals surface area contributed by atoms with E-state index in [2.05, 4.69) is 9.26 Å². The molecule has 0 spiro atoms. The molecule has 5 N–H and O–H groups in total. The molecule has 8 nitrogen and oxygen atoms in total. The first-order valence-electron chi connectivity index (χ1n) is 3.71. The fourth-order valence-electron chi connectivity index (χ4n) is 1.09. The molecule has 0 aromatic carbocycles. The van der Waals surface area contributed by atoms with E-state index in [1.165, 1.54) is 0 Å². The Bertz CT molecular complexity index is 238. The molecule has 84 valence electrons. The lowest BCUT2D eigenvalue weighted by atomic mass is 10.1. The van der Waals surface area contributed by atoms with E-state index in [1.54, 1.807) is 0 Å². The van der Waals surface area contributed by atoms with Gasteiger partial charge in [-0.25, -0.2) is 4.57 Å². The number of aliphatic hydroxyl groups excluding tert-OH is 3. The van der Waals surface area contributed by atoms with Gasteiger partial charge in [-0.3, -0.25) is 4.52 Å². The van der Waals surface area contributed by atoms with E-state index in [0.717, 1.165) is 0 Å². The Hall–Kier alpha value is -0.0500. The van der Waals surface area contributed by atoms with Gasteiger partial charge < -0.3 is 29.8 Å². The highest BCUT2D eigenvalue weighted by atomic mass is 31.2. The number of phosphoric ester groups is 1. The Labute approximate surface area is 78.9 Å². The highest BCUT2D eigenvalue weighted by molar-refractivity contribution is 7.46. The van der Waals surface area contributed by atoms with Crippen LogP contribution in [0.5, 0.6) is 0 Å². The smallest absolute Gasteiger partial charge is 0.394 e. The van der Waals surface area contributed by atoms with E-state index in [-0.39, 0.29) is 0 Å². The summed E-state index contributed by atoms with van der Waals surface area (Å²) in [7, 11) is -4.79. The fraction of sp³-hybridized carbons (Fsp3) is 1.00. The van der Waals surface area contributed by atoms with Crippen LogP contribution < -0.4 is 0 Å². The molecule has 14 heavy (non-hydrogen) atoms. The summed E-state index contributed by atoms with van der Waals surface area (Å²) in [6.45, 7) is -0.584. The Morgan fingerprint density at radius 1 is 1.29 bits per heavy atom. The van der Waals surface area contributed by atoms with Gasteiger partial charge in [0.1, 0.15) is 18.3 Å². The van der Waals surface area contributed by atoms with Crippen LogP contribution in [0.4, 0.5) is 0 Å². The Morgan fingerprint density at radius 3 is 2.21 bits per heavy atom. The van der Waals surface area contributed by atoms with Gasteiger partial charge >= 0.3 is 7.82 Å². The zero-order valence-electron chi connectivity index (χ0n) is 6.92. The minimum Gasteiger partial charge on any atom is -0.394 e. The Balaban J connectivity index is 2.61. The molecule has 0 aromatic heterocycles. The molecule has 0 aliphatic carbocycles. The van der Waals surface area contributed by atoms with Crippen LogP contribution in [0.2, 0.25) is 0 Å². The van der Waals surface area contributed by atoms with E-state index >= 15 is 0 Å². The van der Waals surface area contributed by atoms with Crippen LogP contribution in [-0.4, -0.2) is 56.3 Å². The Kier molecular flexibility index (Phi) is 3.62. The third-order valence-corrected chi connectivity index (χ3v) is 2.22. The largest absolute Gasteiger partial charge is 0.472 e. The van der Waals surface area contributed by atoms with Crippen molar-refractivity contribution in [3.8, 4) is 0 Å². The van der Waals surface area contributed by atoms with Gasteiger partial charge in [-0.1, -0.05) is 0 Å². The van der Waals surface area contributed by atoms with E-state index < -0.39 is 39.0 Å². The molecule has 9 heteroatoms. The van der Waals surface area contributed by atoms with Gasteiger partial charge in [0.25, 0.3) is 0 Å². The number of rotatable bonds is 3. The highest BCUT2D eigenvalue weighted by Gasteiger charge is 2.45. The summed E-state index contributed by atoms with van der Waals surface area (Å²) in [5.41, 5.74) is 0. The molecule has 0 bridgehead atoms. The van der Waals surface area contributed by atoms with Gasteiger partial charge in [0, 0.05) is 0 Å². The molecule has 2 unspecified atom stereocenters. The third-order valence-electron chi connectivity index (χ3n) is 1.74. The molecule has 1 saturated heterocycles. The quantitative estimate of drug-likeness (QED) is 0.336. The second-order valence-electron chi connectivity index (χ2n) is 2.80. The summed E-state index contributed by atoms with van der Waals surface area (Å²) in [5.74, 6) is 0. The molecular formula is C5H11O8P. The number of aliphatic hydroxyl groups is 3. The lowest BCUT2D eigenvalue weighted by molar-refractivity contribution is -0.126. The van der Waals surface area contributed by atoms with Crippen LogP contribution >= 0.6 is 7.82 Å². The maximum absolute atomic E-state index is 10.4. The zero-order valence-corrected chi connectivity index (χ0v) is 7.82. The van der Waals surface area contributed by atoms with Crippen LogP contribution in [-0.2, 0) is 13.8 Å². The molecule has 0 aromatic rings. The van der Waals surface area contributed by atoms with Gasteiger partial charge in [0.2, 0.25) is 0 Å². The molecule has 4 atom stereocenters. The van der Waals surface area contributed by atoms with Crippen molar-refractivity contribution in [2.75, 3.05) is 6.61 Å². The van der Waals surface area contributed by atoms with Crippen molar-refractivity contribution in [3.63, 3.8) is 0 Å². The predicted octanol–water partition coefficient (Wildman–Crippen LogP) is -2.47. The highest BCUT2D eigenvalue weighted by Crippen LogP contribution is 2.40. The van der Waals surface area contributed by atoms with E-state index in [9.17, 15) is 4.57 Å². The predicted molar refractivity (Wildman–Crippen MR) is 40.9 cm³/mol. The van der Waals surface area contributed by atoms with Gasteiger partial charge in [-0.15, -0.1) is 0 Å². The SMILES string of the molecule is O=P(O)(O)O[C@@H]1O[C@H](CO)C(O)C1O. The molecule has 1 aliphatic rings. The zero-order chi connectivity index (χ0) is 10.9. The molecule has 1 rings (SSSR count). The summed E-state index contributed by atoms with van der Waals surface area (Å²) >= 11 is 0. The molecule has 1 heterocycles. The van der Waals surface area contributed by atoms with Crippen molar-refractivity contribution in [1.82, 2.24) is 0 Å². The summed E-state index contributed by atoms with van der Waals surface area (Å²) in [6.07, 6.45) is -5.78. The third kappa shape index (κ3) is 2.72. The lowest BCUT2D eigenvalue weighted by Crippen LogP contribution is -2.34. The summed E-state index contributed by atoms with van der Waals surface area (Å²) in [6, 6.07) is 0. The fourth-order valence-corrected chi connectivity index (χ4v) is 1.53. The maximum Gasteiger partial charge on any atom is 0.472 e. The minimum absolute atomic E-state index is 0.584. The molecule has 0 saturated carbocycles. The average Bonchev–Trinajstić information content (AvgIpc) is 2.30. The lowest BCUT2D eigenvalue weighted by Gasteiger charge is -2.15. The van der Waals surface area contributed by atoms with Crippen molar-refractivity contribution < 1.29 is 38.9 Å². The first kappa shape index (κ1) is 12.0. The molecule has 1 aliphatic heterocycles. The molecule has 0 amide bonds. The number of ether oxygens (including phenoxy) is 1. The van der Waals surface area contributed by atoms with E-state index in [0.29, 0.717) is 0 Å². The second-order valence-corrected chi connectivity index (χ2v) is 3.99. The Morgan fingerprint density at radius 2 is 1.86 bits per heavy atom. The van der Waals surface area contributed by atoms with Crippen LogP contribution in [0.3, 0.4) is 0 Å². The monoisotopic (exact) mass is 230 g/mol. The maximum atomic E-state index is 10.4. The van der Waals surface area contributed by atoms with Crippen molar-refractivity contribution in [3.05, 3.63) is 0 Å². The molecule has 1 fully saturated rings. The summed E-state index contributed by atoms with van der Waals surface area (Å²) < 4.78 is 19.1. The van der Waals surface area contributed by atoms with Crippen molar-refractivity contribution in [1.29, 1.82) is 0 Å². The van der Waals surface area contributed by atoms with Gasteiger partial charge in [0.05, 0.1) is 6.61 Å². The molecular weight excluding hydrogens is 219 g/mol.